The molecule has 0 bridgehead atoms. The van der Waals surface area contributed by atoms with Crippen LogP contribution in [0.3, 0.4) is 0 Å². The molecule has 0 aliphatic rings. The molecule has 7 aromatic rings. The van der Waals surface area contributed by atoms with Gasteiger partial charge in [-0.25, -0.2) is 4.98 Å². The van der Waals surface area contributed by atoms with E-state index in [1.807, 2.05) is 24.4 Å². The van der Waals surface area contributed by atoms with Gasteiger partial charge in [0.2, 0.25) is 0 Å². The molecular weight excluding hydrogens is 454 g/mol. The molecule has 4 nitrogen and oxygen atoms in total. The van der Waals surface area contributed by atoms with Crippen LogP contribution in [0.5, 0.6) is 5.75 Å². The van der Waals surface area contributed by atoms with Crippen LogP contribution in [0.4, 0.5) is 0 Å². The highest BCUT2D eigenvalue weighted by molar-refractivity contribution is 6.12. The summed E-state index contributed by atoms with van der Waals surface area (Å²) in [5.41, 5.74) is 6.13. The standard InChI is InChI=1S/C33H27N3O/c1-33(2,3)21-16-17-34-32(18-21)36-28-15-9-6-12-24(28)25-19-30(31(37)20-29(25)36)35-26-13-7-4-10-22(26)23-11-5-8-14-27(23)35/h4-20,37H,1-3H3. The van der Waals surface area contributed by atoms with Crippen molar-refractivity contribution < 1.29 is 5.11 Å². The van der Waals surface area contributed by atoms with Gasteiger partial charge in [-0.1, -0.05) is 75.4 Å². The van der Waals surface area contributed by atoms with Crippen LogP contribution >= 0.6 is 0 Å². The monoisotopic (exact) mass is 481 g/mol. The van der Waals surface area contributed by atoms with Crippen LogP contribution < -0.4 is 0 Å². The van der Waals surface area contributed by atoms with Crippen molar-refractivity contribution in [3.63, 3.8) is 0 Å². The van der Waals surface area contributed by atoms with Crippen molar-refractivity contribution in [1.82, 2.24) is 14.1 Å². The summed E-state index contributed by atoms with van der Waals surface area (Å²) >= 11 is 0. The second-order valence-corrected chi connectivity index (χ2v) is 10.7. The van der Waals surface area contributed by atoms with E-state index >= 15 is 0 Å². The lowest BCUT2D eigenvalue weighted by atomic mass is 9.88. The van der Waals surface area contributed by atoms with Crippen molar-refractivity contribution in [2.45, 2.75) is 26.2 Å². The van der Waals surface area contributed by atoms with Crippen molar-refractivity contribution in [1.29, 1.82) is 0 Å². The molecule has 0 saturated heterocycles. The summed E-state index contributed by atoms with van der Waals surface area (Å²) in [7, 11) is 0. The first-order chi connectivity index (χ1) is 17.9. The summed E-state index contributed by atoms with van der Waals surface area (Å²) in [4.78, 5) is 4.76. The molecule has 4 aromatic carbocycles. The van der Waals surface area contributed by atoms with Gasteiger partial charge >= 0.3 is 0 Å². The minimum Gasteiger partial charge on any atom is -0.506 e. The van der Waals surface area contributed by atoms with Crippen molar-refractivity contribution in [3.05, 3.63) is 109 Å². The number of pyridine rings is 1. The highest BCUT2D eigenvalue weighted by Gasteiger charge is 2.21. The molecule has 3 heterocycles. The lowest BCUT2D eigenvalue weighted by Gasteiger charge is -2.20. The maximum absolute atomic E-state index is 11.5. The predicted octanol–water partition coefficient (Wildman–Crippen LogP) is 8.28. The van der Waals surface area contributed by atoms with Crippen LogP contribution in [0.1, 0.15) is 26.3 Å². The molecule has 0 amide bonds. The van der Waals surface area contributed by atoms with Gasteiger partial charge in [-0.05, 0) is 47.4 Å². The number of phenolic OH excluding ortho intramolecular Hbond substituents is 1. The minimum absolute atomic E-state index is 0.00228. The first kappa shape index (κ1) is 21.7. The number of aromatic nitrogens is 3. The lowest BCUT2D eigenvalue weighted by Crippen LogP contribution is -2.12. The summed E-state index contributed by atoms with van der Waals surface area (Å²) in [5.74, 6) is 1.08. The number of fused-ring (bicyclic) bond motifs is 6. The average Bonchev–Trinajstić information content (AvgIpc) is 3.40. The van der Waals surface area contributed by atoms with Gasteiger partial charge in [-0.3, -0.25) is 4.57 Å². The van der Waals surface area contributed by atoms with Gasteiger partial charge in [0.1, 0.15) is 11.6 Å². The molecule has 0 aliphatic carbocycles. The fraction of sp³-hybridized carbons (Fsp3) is 0.121. The number of rotatable bonds is 2. The number of benzene rings is 4. The number of aromatic hydroxyl groups is 1. The third kappa shape index (κ3) is 3.19. The number of hydrogen-bond acceptors (Lipinski definition) is 2. The van der Waals surface area contributed by atoms with Crippen molar-refractivity contribution in [3.8, 4) is 17.3 Å². The zero-order valence-electron chi connectivity index (χ0n) is 21.1. The normalized spacial score (nSPS) is 12.3. The SMILES string of the molecule is CC(C)(C)c1ccnc(-n2c3ccccc3c3cc(-n4c5ccccc5c5ccccc54)c(O)cc32)c1. The number of phenols is 1. The Morgan fingerprint density at radius 2 is 1.14 bits per heavy atom. The molecule has 0 unspecified atom stereocenters. The van der Waals surface area contributed by atoms with Gasteiger partial charge in [0.05, 0.1) is 27.8 Å². The number of para-hydroxylation sites is 3. The molecule has 0 atom stereocenters. The first-order valence-electron chi connectivity index (χ1n) is 12.6. The van der Waals surface area contributed by atoms with Crippen molar-refractivity contribution in [2.75, 3.05) is 0 Å². The van der Waals surface area contributed by atoms with Gasteiger partial charge < -0.3 is 9.67 Å². The molecule has 0 saturated carbocycles. The Balaban J connectivity index is 1.57. The van der Waals surface area contributed by atoms with E-state index in [4.69, 9.17) is 4.98 Å². The average molecular weight is 482 g/mol. The van der Waals surface area contributed by atoms with Crippen molar-refractivity contribution in [2.24, 2.45) is 0 Å². The van der Waals surface area contributed by atoms with E-state index in [1.165, 1.54) is 16.3 Å². The van der Waals surface area contributed by atoms with E-state index in [-0.39, 0.29) is 11.2 Å². The first-order valence-corrected chi connectivity index (χ1v) is 12.6. The molecule has 3 aromatic heterocycles. The molecule has 0 aliphatic heterocycles. The van der Waals surface area contributed by atoms with E-state index < -0.39 is 0 Å². The minimum atomic E-state index is 0.00228. The summed E-state index contributed by atoms with van der Waals surface area (Å²) in [6.07, 6.45) is 1.88. The van der Waals surface area contributed by atoms with Crippen molar-refractivity contribution >= 4 is 43.6 Å². The van der Waals surface area contributed by atoms with Gasteiger partial charge in [-0.2, -0.15) is 0 Å². The summed E-state index contributed by atoms with van der Waals surface area (Å²) in [6.45, 7) is 6.63. The Kier molecular flexibility index (Phi) is 4.52. The van der Waals surface area contributed by atoms with Crippen LogP contribution in [-0.4, -0.2) is 19.2 Å². The van der Waals surface area contributed by atoms with Crippen LogP contribution in [0.2, 0.25) is 0 Å². The van der Waals surface area contributed by atoms with Crippen LogP contribution in [-0.2, 0) is 5.41 Å². The fourth-order valence-electron chi connectivity index (χ4n) is 5.61. The maximum Gasteiger partial charge on any atom is 0.141 e. The summed E-state index contributed by atoms with van der Waals surface area (Å²) < 4.78 is 4.33. The molecule has 37 heavy (non-hydrogen) atoms. The van der Waals surface area contributed by atoms with E-state index in [9.17, 15) is 5.11 Å². The van der Waals surface area contributed by atoms with E-state index in [2.05, 4.69) is 109 Å². The smallest absolute Gasteiger partial charge is 0.141 e. The molecule has 4 heteroatoms. The van der Waals surface area contributed by atoms with Gasteiger partial charge in [0.15, 0.2) is 0 Å². The Labute approximate surface area is 215 Å². The third-order valence-electron chi connectivity index (χ3n) is 7.43. The zero-order chi connectivity index (χ0) is 25.3. The molecular formula is C33H27N3O. The topological polar surface area (TPSA) is 43.0 Å². The molecule has 0 radical (unpaired) electrons. The highest BCUT2D eigenvalue weighted by atomic mass is 16.3. The van der Waals surface area contributed by atoms with E-state index in [1.54, 1.807) is 0 Å². The molecule has 1 N–H and O–H groups in total. The Morgan fingerprint density at radius 3 is 1.73 bits per heavy atom. The maximum atomic E-state index is 11.5. The Bertz CT molecular complexity index is 1930. The Morgan fingerprint density at radius 1 is 0.595 bits per heavy atom. The lowest BCUT2D eigenvalue weighted by molar-refractivity contribution is 0.474. The fourth-order valence-corrected chi connectivity index (χ4v) is 5.61. The van der Waals surface area contributed by atoms with Gasteiger partial charge in [0, 0.05) is 33.8 Å². The largest absolute Gasteiger partial charge is 0.506 e. The predicted molar refractivity (Wildman–Crippen MR) is 153 cm³/mol. The summed E-state index contributed by atoms with van der Waals surface area (Å²) in [5, 5.41) is 16.1. The van der Waals surface area contributed by atoms with Crippen LogP contribution in [0.25, 0.3) is 55.1 Å². The van der Waals surface area contributed by atoms with E-state index in [0.717, 1.165) is 44.3 Å². The van der Waals surface area contributed by atoms with Crippen LogP contribution in [0, 0.1) is 0 Å². The Hall–Kier alpha value is -4.57. The third-order valence-corrected chi connectivity index (χ3v) is 7.43. The molecule has 0 fully saturated rings. The van der Waals surface area contributed by atoms with Crippen LogP contribution in [0.15, 0.2) is 103 Å². The summed E-state index contributed by atoms with van der Waals surface area (Å²) in [6, 6.07) is 33.4. The quantitative estimate of drug-likeness (QED) is 0.270. The van der Waals surface area contributed by atoms with Gasteiger partial charge in [0.25, 0.3) is 0 Å². The molecule has 0 spiro atoms. The van der Waals surface area contributed by atoms with E-state index in [0.29, 0.717) is 0 Å². The molecule has 180 valence electrons. The highest BCUT2D eigenvalue weighted by Crippen LogP contribution is 2.40. The molecule has 7 rings (SSSR count). The second-order valence-electron chi connectivity index (χ2n) is 10.7. The van der Waals surface area contributed by atoms with Gasteiger partial charge in [-0.15, -0.1) is 0 Å². The zero-order valence-corrected chi connectivity index (χ0v) is 21.1. The second kappa shape index (κ2) is 7.71. The number of nitrogens with zero attached hydrogens (tertiary/aromatic N) is 3. The number of hydrogen-bond donors (Lipinski definition) is 1.